The Kier molecular flexibility index (Phi) is 4.73. The van der Waals surface area contributed by atoms with Crippen molar-refractivity contribution in [1.29, 1.82) is 0 Å². The molecule has 2 aliphatic heterocycles. The molecule has 0 bridgehead atoms. The van der Waals surface area contributed by atoms with Crippen LogP contribution in [0.15, 0.2) is 41.0 Å². The Balaban J connectivity index is 1.24. The fourth-order valence-electron chi connectivity index (χ4n) is 4.20. The zero-order chi connectivity index (χ0) is 21.5. The van der Waals surface area contributed by atoms with Crippen molar-refractivity contribution in [3.05, 3.63) is 59.0 Å². The average molecular weight is 417 g/mol. The molecule has 1 saturated heterocycles. The van der Waals surface area contributed by atoms with E-state index in [-0.39, 0.29) is 17.7 Å². The molecular formula is C24H23N3O4. The van der Waals surface area contributed by atoms with Gasteiger partial charge in [0, 0.05) is 37.2 Å². The minimum atomic E-state index is -0.0299. The number of hydrogen-bond acceptors (Lipinski definition) is 5. The first kappa shape index (κ1) is 19.4. The van der Waals surface area contributed by atoms with Gasteiger partial charge in [-0.15, -0.1) is 0 Å². The van der Waals surface area contributed by atoms with Crippen molar-refractivity contribution >= 4 is 34.7 Å². The molecule has 3 aromatic rings. The summed E-state index contributed by atoms with van der Waals surface area (Å²) in [6.07, 6.45) is 6.15. The van der Waals surface area contributed by atoms with Crippen LogP contribution in [-0.4, -0.2) is 41.9 Å². The minimum absolute atomic E-state index is 0.00960. The van der Waals surface area contributed by atoms with Crippen LogP contribution in [-0.2, 0) is 16.0 Å². The Morgan fingerprint density at radius 3 is 2.94 bits per heavy atom. The van der Waals surface area contributed by atoms with Crippen LogP contribution in [0.2, 0.25) is 0 Å². The minimum Gasteiger partial charge on any atom is -0.497 e. The molecular weight excluding hydrogens is 394 g/mol. The lowest BCUT2D eigenvalue weighted by Crippen LogP contribution is -2.47. The van der Waals surface area contributed by atoms with Gasteiger partial charge in [-0.05, 0) is 60.4 Å². The number of likely N-dealkylation sites (tertiary alicyclic amines) is 1. The summed E-state index contributed by atoms with van der Waals surface area (Å²) in [7, 11) is 1.65. The number of methoxy groups -OCH3 is 1. The van der Waals surface area contributed by atoms with Crippen LogP contribution >= 0.6 is 0 Å². The van der Waals surface area contributed by atoms with E-state index in [4.69, 9.17) is 9.15 Å². The number of nitrogens with zero attached hydrogens (tertiary/aromatic N) is 2. The number of aromatic nitrogens is 1. The zero-order valence-corrected chi connectivity index (χ0v) is 17.5. The van der Waals surface area contributed by atoms with Crippen LogP contribution < -0.4 is 10.1 Å². The molecule has 4 heterocycles. The van der Waals surface area contributed by atoms with Crippen LogP contribution in [0.1, 0.15) is 34.8 Å². The number of aryl methyl sites for hydroxylation is 2. The molecule has 7 heteroatoms. The lowest BCUT2D eigenvalue weighted by atomic mass is 9.94. The maximum atomic E-state index is 12.6. The van der Waals surface area contributed by atoms with Crippen molar-refractivity contribution in [2.45, 2.75) is 25.7 Å². The topological polar surface area (TPSA) is 84.7 Å². The second-order valence-electron chi connectivity index (χ2n) is 8.05. The van der Waals surface area contributed by atoms with Crippen LogP contribution in [0, 0.1) is 6.92 Å². The molecule has 0 aliphatic carbocycles. The van der Waals surface area contributed by atoms with Gasteiger partial charge in [0.15, 0.2) is 0 Å². The Morgan fingerprint density at radius 1 is 1.29 bits per heavy atom. The monoisotopic (exact) mass is 417 g/mol. The van der Waals surface area contributed by atoms with Crippen molar-refractivity contribution in [3.8, 4) is 5.75 Å². The number of fused-ring (bicyclic) bond motifs is 2. The van der Waals surface area contributed by atoms with Gasteiger partial charge in [0.2, 0.25) is 11.8 Å². The molecule has 2 amide bonds. The number of hydrogen-bond donors (Lipinski definition) is 1. The van der Waals surface area contributed by atoms with Gasteiger partial charge in [-0.1, -0.05) is 0 Å². The van der Waals surface area contributed by atoms with E-state index in [1.165, 1.54) is 0 Å². The van der Waals surface area contributed by atoms with Crippen molar-refractivity contribution in [3.63, 3.8) is 0 Å². The highest BCUT2D eigenvalue weighted by Gasteiger charge is 2.34. The van der Waals surface area contributed by atoms with E-state index in [0.717, 1.165) is 39.2 Å². The quantitative estimate of drug-likeness (QED) is 0.655. The molecule has 0 atom stereocenters. The number of ether oxygens (including phenoxy) is 1. The van der Waals surface area contributed by atoms with Gasteiger partial charge < -0.3 is 19.4 Å². The summed E-state index contributed by atoms with van der Waals surface area (Å²) >= 11 is 0. The molecule has 2 aliphatic rings. The SMILES string of the molecule is COc1ccc2oc(C3CN(C(=O)/C=C/c4cnc5c(c4)CCC(=O)N5)C3)c(C)c2c1. The maximum Gasteiger partial charge on any atom is 0.246 e. The van der Waals surface area contributed by atoms with Gasteiger partial charge in [0.05, 0.1) is 13.0 Å². The highest BCUT2D eigenvalue weighted by Crippen LogP contribution is 2.36. The van der Waals surface area contributed by atoms with Crippen LogP contribution in [0.4, 0.5) is 5.82 Å². The molecule has 31 heavy (non-hydrogen) atoms. The van der Waals surface area contributed by atoms with Gasteiger partial charge in [-0.2, -0.15) is 0 Å². The van der Waals surface area contributed by atoms with Crippen molar-refractivity contribution in [2.75, 3.05) is 25.5 Å². The largest absolute Gasteiger partial charge is 0.497 e. The van der Waals surface area contributed by atoms with Gasteiger partial charge >= 0.3 is 0 Å². The van der Waals surface area contributed by atoms with E-state index < -0.39 is 0 Å². The van der Waals surface area contributed by atoms with Gasteiger partial charge in [0.25, 0.3) is 0 Å². The fraction of sp³-hybridized carbons (Fsp3) is 0.292. The molecule has 2 aromatic heterocycles. The Hall–Kier alpha value is -3.61. The fourth-order valence-corrected chi connectivity index (χ4v) is 4.20. The molecule has 5 rings (SSSR count). The standard InChI is InChI=1S/C24H23N3O4/c1-14-19-10-18(30-2)5-6-20(19)31-23(14)17-12-27(13-17)22(29)8-3-15-9-16-4-7-21(28)26-24(16)25-11-15/h3,5-6,8-11,17H,4,7,12-13H2,1-2H3,(H,25,26,28)/b8-3+. The molecule has 0 saturated carbocycles. The first-order valence-corrected chi connectivity index (χ1v) is 10.3. The molecule has 1 aromatic carbocycles. The first-order chi connectivity index (χ1) is 15.0. The number of furan rings is 1. The summed E-state index contributed by atoms with van der Waals surface area (Å²) in [5, 5.41) is 3.82. The number of carbonyl (C=O) groups excluding carboxylic acids is 2. The molecule has 1 N–H and O–H groups in total. The highest BCUT2D eigenvalue weighted by atomic mass is 16.5. The summed E-state index contributed by atoms with van der Waals surface area (Å²) in [5.74, 6) is 2.52. The van der Waals surface area contributed by atoms with E-state index >= 15 is 0 Å². The van der Waals surface area contributed by atoms with Gasteiger partial charge in [-0.3, -0.25) is 9.59 Å². The predicted molar refractivity (Wildman–Crippen MR) is 117 cm³/mol. The number of carbonyl (C=O) groups is 2. The molecule has 0 spiro atoms. The third-order valence-electron chi connectivity index (χ3n) is 6.03. The average Bonchev–Trinajstić information content (AvgIpc) is 3.06. The number of rotatable bonds is 4. The Morgan fingerprint density at radius 2 is 2.13 bits per heavy atom. The highest BCUT2D eigenvalue weighted by molar-refractivity contribution is 5.94. The molecule has 158 valence electrons. The van der Waals surface area contributed by atoms with Crippen LogP contribution in [0.5, 0.6) is 5.75 Å². The lowest BCUT2D eigenvalue weighted by Gasteiger charge is -2.37. The van der Waals surface area contributed by atoms with Crippen molar-refractivity contribution < 1.29 is 18.7 Å². The number of pyridine rings is 1. The van der Waals surface area contributed by atoms with Gasteiger partial charge in [0.1, 0.15) is 22.9 Å². The molecule has 7 nitrogen and oxygen atoms in total. The van der Waals surface area contributed by atoms with E-state index in [1.54, 1.807) is 30.4 Å². The second-order valence-corrected chi connectivity index (χ2v) is 8.05. The number of amides is 2. The third-order valence-corrected chi connectivity index (χ3v) is 6.03. The van der Waals surface area contributed by atoms with Crippen molar-refractivity contribution in [2.24, 2.45) is 0 Å². The summed E-state index contributed by atoms with van der Waals surface area (Å²) in [5.41, 5.74) is 3.79. The molecule has 0 unspecified atom stereocenters. The Bertz CT molecular complexity index is 1220. The number of nitrogens with one attached hydrogen (secondary N) is 1. The van der Waals surface area contributed by atoms with E-state index in [9.17, 15) is 9.59 Å². The molecule has 0 radical (unpaired) electrons. The molecule has 1 fully saturated rings. The van der Waals surface area contributed by atoms with Gasteiger partial charge in [-0.25, -0.2) is 4.98 Å². The lowest BCUT2D eigenvalue weighted by molar-refractivity contribution is -0.130. The number of anilines is 1. The summed E-state index contributed by atoms with van der Waals surface area (Å²) < 4.78 is 11.4. The van der Waals surface area contributed by atoms with Crippen LogP contribution in [0.3, 0.4) is 0 Å². The summed E-state index contributed by atoms with van der Waals surface area (Å²) in [6.45, 7) is 3.32. The van der Waals surface area contributed by atoms with Crippen LogP contribution in [0.25, 0.3) is 17.0 Å². The zero-order valence-electron chi connectivity index (χ0n) is 17.5. The maximum absolute atomic E-state index is 12.6. The Labute approximate surface area is 179 Å². The van der Waals surface area contributed by atoms with Crippen molar-refractivity contribution in [1.82, 2.24) is 9.88 Å². The smallest absolute Gasteiger partial charge is 0.246 e. The normalized spacial score (nSPS) is 16.3. The van der Waals surface area contributed by atoms with E-state index in [1.807, 2.05) is 24.3 Å². The summed E-state index contributed by atoms with van der Waals surface area (Å²) in [4.78, 5) is 30.1. The van der Waals surface area contributed by atoms with E-state index in [0.29, 0.717) is 31.7 Å². The van der Waals surface area contributed by atoms with E-state index in [2.05, 4.69) is 17.2 Å². The third kappa shape index (κ3) is 3.56. The number of benzene rings is 1. The summed E-state index contributed by atoms with van der Waals surface area (Å²) in [6, 6.07) is 7.77. The predicted octanol–water partition coefficient (Wildman–Crippen LogP) is 3.67. The second kappa shape index (κ2) is 7.58. The first-order valence-electron chi connectivity index (χ1n) is 10.3.